The van der Waals surface area contributed by atoms with Gasteiger partial charge in [0.2, 0.25) is 5.91 Å². The number of hydrogen-bond donors (Lipinski definition) is 2. The number of nitrogens with zero attached hydrogens (tertiary/aromatic N) is 2. The molecule has 0 saturated carbocycles. The zero-order valence-electron chi connectivity index (χ0n) is 21.4. The molecule has 192 valence electrons. The van der Waals surface area contributed by atoms with Crippen LogP contribution in [0.15, 0.2) is 48.5 Å². The number of rotatable bonds is 4. The van der Waals surface area contributed by atoms with E-state index in [0.717, 1.165) is 54.3 Å². The predicted molar refractivity (Wildman–Crippen MR) is 151 cm³/mol. The maximum Gasteiger partial charge on any atom is 0.307 e. The van der Waals surface area contributed by atoms with Crippen molar-refractivity contribution in [3.63, 3.8) is 0 Å². The second kappa shape index (κ2) is 10.2. The van der Waals surface area contributed by atoms with E-state index in [4.69, 9.17) is 21.7 Å². The molecule has 6 nitrogen and oxygen atoms in total. The highest BCUT2D eigenvalue weighted by Crippen LogP contribution is 2.42. The van der Waals surface area contributed by atoms with E-state index in [1.807, 2.05) is 55.5 Å². The molecule has 0 unspecified atom stereocenters. The second-order valence-corrected chi connectivity index (χ2v) is 11.6. The Bertz CT molecular complexity index is 1500. The number of thiazole rings is 1. The maximum absolute atomic E-state index is 12.1. The fourth-order valence-electron chi connectivity index (χ4n) is 4.26. The number of anilines is 1. The molecule has 3 aromatic carbocycles. The maximum atomic E-state index is 12.1. The molecule has 0 radical (unpaired) electrons. The summed E-state index contributed by atoms with van der Waals surface area (Å²) in [4.78, 5) is 30.2. The monoisotopic (exact) mass is 536 g/mol. The number of aromatic nitrogens is 1. The van der Waals surface area contributed by atoms with Crippen LogP contribution in [0.2, 0.25) is 5.02 Å². The van der Waals surface area contributed by atoms with Crippen LogP contribution in [0, 0.1) is 6.92 Å². The number of carboxylic acids is 1. The van der Waals surface area contributed by atoms with Crippen molar-refractivity contribution >= 4 is 50.7 Å². The minimum Gasteiger partial charge on any atom is -0.481 e. The number of aliphatic carboxylic acids is 1. The van der Waals surface area contributed by atoms with Crippen molar-refractivity contribution in [1.82, 2.24) is 4.98 Å². The van der Waals surface area contributed by atoms with Gasteiger partial charge in [-0.25, -0.2) is 4.98 Å². The highest BCUT2D eigenvalue weighted by Gasteiger charge is 2.25. The fraction of sp³-hybridized carbons (Fsp3) is 0.276. The Morgan fingerprint density at radius 2 is 1.73 bits per heavy atom. The Morgan fingerprint density at radius 3 is 2.35 bits per heavy atom. The van der Waals surface area contributed by atoms with E-state index in [2.05, 4.69) is 0 Å². The van der Waals surface area contributed by atoms with Crippen LogP contribution in [0.5, 0.6) is 0 Å². The summed E-state index contributed by atoms with van der Waals surface area (Å²) in [6.45, 7) is 7.15. The number of hydrogen-bond acceptors (Lipinski definition) is 5. The lowest BCUT2D eigenvalue weighted by Gasteiger charge is -2.13. The topological polar surface area (TPSA) is 90.7 Å². The van der Waals surface area contributed by atoms with Gasteiger partial charge < -0.3 is 15.1 Å². The Balaban J connectivity index is 0.000000586. The molecular formula is C29H29ClN2O4S. The molecule has 1 amide bonds. The molecule has 0 spiro atoms. The van der Waals surface area contributed by atoms with Crippen molar-refractivity contribution < 1.29 is 19.8 Å². The lowest BCUT2D eigenvalue weighted by atomic mass is 9.93. The van der Waals surface area contributed by atoms with E-state index in [1.165, 1.54) is 11.3 Å². The standard InChI is InChI=1S/C25H19ClN2O3S.C4H10O/c1-13-9-19-24(23(18(13)12-22(30)31)14-3-6-17(26)7-4-14)32-25(27-19)15-5-8-20-16(10-15)11-21(29)28(20)2;1-4(2,3)5/h3-10H,11-12H2,1-2H3,(H,30,31);5H,1-3H3. The molecule has 1 aliphatic rings. The quantitative estimate of drug-likeness (QED) is 0.310. The van der Waals surface area contributed by atoms with Gasteiger partial charge in [-0.15, -0.1) is 11.3 Å². The van der Waals surface area contributed by atoms with Gasteiger partial charge in [0.05, 0.1) is 28.7 Å². The van der Waals surface area contributed by atoms with Crippen LogP contribution in [-0.2, 0) is 22.4 Å². The van der Waals surface area contributed by atoms with Crippen LogP contribution >= 0.6 is 22.9 Å². The third-order valence-electron chi connectivity index (χ3n) is 5.88. The molecule has 4 aromatic rings. The normalized spacial score (nSPS) is 12.9. The molecule has 1 aliphatic heterocycles. The molecule has 0 saturated heterocycles. The number of aryl methyl sites for hydroxylation is 1. The van der Waals surface area contributed by atoms with Crippen LogP contribution in [0.4, 0.5) is 5.69 Å². The highest BCUT2D eigenvalue weighted by molar-refractivity contribution is 7.22. The van der Waals surface area contributed by atoms with Crippen molar-refractivity contribution in [2.24, 2.45) is 0 Å². The first kappa shape index (κ1) is 26.8. The smallest absolute Gasteiger partial charge is 0.307 e. The first-order valence-electron chi connectivity index (χ1n) is 11.8. The molecule has 0 aliphatic carbocycles. The van der Waals surface area contributed by atoms with Crippen LogP contribution in [0.25, 0.3) is 31.9 Å². The van der Waals surface area contributed by atoms with Crippen LogP contribution in [0.1, 0.15) is 37.5 Å². The SMILES string of the molecule is CC(C)(C)O.Cc1cc2nc(-c3ccc4c(c3)CC(=O)N4C)sc2c(-c2ccc(Cl)cc2)c1CC(=O)O. The van der Waals surface area contributed by atoms with Gasteiger partial charge in [-0.3, -0.25) is 9.59 Å². The number of carboxylic acid groups (broad SMARTS) is 1. The molecule has 1 aromatic heterocycles. The van der Waals surface area contributed by atoms with Crippen LogP contribution in [-0.4, -0.2) is 39.7 Å². The number of aliphatic hydroxyl groups is 1. The van der Waals surface area contributed by atoms with Crippen molar-refractivity contribution in [1.29, 1.82) is 0 Å². The number of amides is 1. The molecule has 0 bridgehead atoms. The Labute approximate surface area is 225 Å². The molecule has 2 heterocycles. The zero-order chi connectivity index (χ0) is 27.1. The molecule has 0 atom stereocenters. The largest absolute Gasteiger partial charge is 0.481 e. The summed E-state index contributed by atoms with van der Waals surface area (Å²) >= 11 is 7.63. The summed E-state index contributed by atoms with van der Waals surface area (Å²) in [7, 11) is 1.79. The van der Waals surface area contributed by atoms with Crippen molar-refractivity contribution in [3.8, 4) is 21.7 Å². The predicted octanol–water partition coefficient (Wildman–Crippen LogP) is 6.52. The molecule has 0 fully saturated rings. The number of halogens is 1. The van der Waals surface area contributed by atoms with Crippen molar-refractivity contribution in [2.75, 3.05) is 11.9 Å². The molecule has 8 heteroatoms. The minimum atomic E-state index is -0.875. The number of benzene rings is 3. The summed E-state index contributed by atoms with van der Waals surface area (Å²) in [6, 6.07) is 15.4. The molecule has 2 N–H and O–H groups in total. The van der Waals surface area contributed by atoms with E-state index in [1.54, 1.807) is 32.7 Å². The first-order valence-corrected chi connectivity index (χ1v) is 13.0. The molecule has 5 rings (SSSR count). The van der Waals surface area contributed by atoms with Gasteiger partial charge in [-0.1, -0.05) is 23.7 Å². The van der Waals surface area contributed by atoms with Crippen molar-refractivity contribution in [3.05, 3.63) is 70.2 Å². The lowest BCUT2D eigenvalue weighted by Crippen LogP contribution is -2.20. The number of likely N-dealkylation sites (N-methyl/N-ethyl adjacent to an activating group) is 1. The van der Waals surface area contributed by atoms with Crippen molar-refractivity contribution in [2.45, 2.75) is 46.1 Å². The van der Waals surface area contributed by atoms with Gasteiger partial charge in [0.25, 0.3) is 0 Å². The second-order valence-electron chi connectivity index (χ2n) is 10.1. The number of fused-ring (bicyclic) bond motifs is 2. The van der Waals surface area contributed by atoms with E-state index in [-0.39, 0.29) is 12.3 Å². The fourth-order valence-corrected chi connectivity index (χ4v) is 5.52. The van der Waals surface area contributed by atoms with Gasteiger partial charge in [0.15, 0.2) is 0 Å². The molecular weight excluding hydrogens is 508 g/mol. The zero-order valence-corrected chi connectivity index (χ0v) is 23.0. The number of carbonyl (C=O) groups is 2. The van der Waals surface area contributed by atoms with E-state index in [0.29, 0.717) is 11.4 Å². The van der Waals surface area contributed by atoms with E-state index >= 15 is 0 Å². The van der Waals surface area contributed by atoms with Gasteiger partial charge in [0, 0.05) is 28.9 Å². The third kappa shape index (κ3) is 6.01. The van der Waals surface area contributed by atoms with Crippen LogP contribution in [0.3, 0.4) is 0 Å². The Morgan fingerprint density at radius 1 is 1.11 bits per heavy atom. The Hall–Kier alpha value is -3.26. The summed E-state index contributed by atoms with van der Waals surface area (Å²) in [5.41, 5.74) is 6.68. The highest BCUT2D eigenvalue weighted by atomic mass is 35.5. The average molecular weight is 537 g/mol. The van der Waals surface area contributed by atoms with Crippen LogP contribution < -0.4 is 4.90 Å². The van der Waals surface area contributed by atoms with E-state index in [9.17, 15) is 14.7 Å². The Kier molecular flexibility index (Phi) is 7.42. The summed E-state index contributed by atoms with van der Waals surface area (Å²) in [6.07, 6.45) is 0.322. The average Bonchev–Trinajstić information content (AvgIpc) is 3.33. The lowest BCUT2D eigenvalue weighted by molar-refractivity contribution is -0.136. The van der Waals surface area contributed by atoms with Gasteiger partial charge in [0.1, 0.15) is 5.01 Å². The van der Waals surface area contributed by atoms with Gasteiger partial charge in [-0.05, 0) is 86.3 Å². The number of carbonyl (C=O) groups excluding carboxylic acids is 1. The summed E-state index contributed by atoms with van der Waals surface area (Å²) < 4.78 is 0.942. The van der Waals surface area contributed by atoms with E-state index < -0.39 is 11.6 Å². The minimum absolute atomic E-state index is 0.0692. The van der Waals surface area contributed by atoms with Gasteiger partial charge >= 0.3 is 5.97 Å². The third-order valence-corrected chi connectivity index (χ3v) is 7.27. The molecule has 37 heavy (non-hydrogen) atoms. The first-order chi connectivity index (χ1) is 17.3. The summed E-state index contributed by atoms with van der Waals surface area (Å²) in [5, 5.41) is 19.5. The van der Waals surface area contributed by atoms with Gasteiger partial charge in [-0.2, -0.15) is 0 Å². The summed E-state index contributed by atoms with van der Waals surface area (Å²) in [5.74, 6) is -0.791.